The largest absolute Gasteiger partial charge is 0.463 e. The van der Waals surface area contributed by atoms with Crippen molar-refractivity contribution in [3.63, 3.8) is 0 Å². The van der Waals surface area contributed by atoms with Crippen LogP contribution in [0.1, 0.15) is 129 Å². The first-order valence-corrected chi connectivity index (χ1v) is 16.3. The number of hydrogen-bond donors (Lipinski definition) is 0. The Labute approximate surface area is 234 Å². The van der Waals surface area contributed by atoms with Crippen molar-refractivity contribution in [2.45, 2.75) is 142 Å². The summed E-state index contributed by atoms with van der Waals surface area (Å²) in [6, 6.07) is 0. The number of rotatable bonds is 23. The Bertz CT molecular complexity index is 540. The van der Waals surface area contributed by atoms with E-state index >= 15 is 0 Å². The van der Waals surface area contributed by atoms with E-state index in [0.29, 0.717) is 58.3 Å². The van der Waals surface area contributed by atoms with Gasteiger partial charge in [0.25, 0.3) is 0 Å². The Balaban J connectivity index is 1.29. The molecule has 0 N–H and O–H groups in total. The summed E-state index contributed by atoms with van der Waals surface area (Å²) in [5.74, 6) is 1.69. The Morgan fingerprint density at radius 1 is 0.553 bits per heavy atom. The molecule has 0 heterocycles. The molecule has 2 rings (SSSR count). The number of esters is 1. The molecule has 2 saturated carbocycles. The van der Waals surface area contributed by atoms with E-state index in [-0.39, 0.29) is 5.97 Å². The molecule has 0 unspecified atom stereocenters. The molecule has 0 radical (unpaired) electrons. The minimum atomic E-state index is -0.104. The fourth-order valence-corrected chi connectivity index (χ4v) is 6.15. The van der Waals surface area contributed by atoms with E-state index < -0.39 is 0 Å². The van der Waals surface area contributed by atoms with Crippen LogP contribution >= 0.6 is 0 Å². The van der Waals surface area contributed by atoms with Gasteiger partial charge in [0.1, 0.15) is 6.61 Å². The maximum Gasteiger partial charge on any atom is 0.305 e. The molecule has 0 bridgehead atoms. The quantitative estimate of drug-likeness (QED) is 0.0979. The number of unbranched alkanes of at least 4 members (excludes halogenated alkanes) is 8. The van der Waals surface area contributed by atoms with Gasteiger partial charge in [-0.05, 0) is 76.5 Å². The summed E-state index contributed by atoms with van der Waals surface area (Å²) in [6.07, 6.45) is 22.9. The predicted molar refractivity (Wildman–Crippen MR) is 154 cm³/mol. The molecule has 0 saturated heterocycles. The second kappa shape index (κ2) is 23.1. The van der Waals surface area contributed by atoms with Crippen LogP contribution in [0.3, 0.4) is 0 Å². The Morgan fingerprint density at radius 2 is 1.03 bits per heavy atom. The van der Waals surface area contributed by atoms with Crippen molar-refractivity contribution in [3.8, 4) is 0 Å². The van der Waals surface area contributed by atoms with E-state index in [1.165, 1.54) is 96.3 Å². The number of carbonyl (C=O) groups excluding carboxylic acids is 1. The van der Waals surface area contributed by atoms with Crippen molar-refractivity contribution in [1.82, 2.24) is 0 Å². The number of carbonyl (C=O) groups is 1. The molecule has 0 spiro atoms. The van der Waals surface area contributed by atoms with E-state index in [0.717, 1.165) is 31.3 Å². The first-order valence-electron chi connectivity index (χ1n) is 16.3. The zero-order valence-electron chi connectivity index (χ0n) is 24.9. The SMILES string of the molecule is CCCCCCCCCCCC(=O)OCCOCCOCCOC1CCC(C2CCC(OCC)CC2)CC1. The molecule has 2 fully saturated rings. The van der Waals surface area contributed by atoms with E-state index in [9.17, 15) is 4.79 Å². The summed E-state index contributed by atoms with van der Waals surface area (Å²) < 4.78 is 28.3. The zero-order valence-corrected chi connectivity index (χ0v) is 24.9. The summed E-state index contributed by atoms with van der Waals surface area (Å²) in [5.41, 5.74) is 0. The monoisotopic (exact) mass is 540 g/mol. The van der Waals surface area contributed by atoms with Crippen LogP contribution in [0.25, 0.3) is 0 Å². The molecular weight excluding hydrogens is 480 g/mol. The highest BCUT2D eigenvalue weighted by Crippen LogP contribution is 2.39. The molecule has 0 aromatic carbocycles. The van der Waals surface area contributed by atoms with Crippen LogP contribution in [0.5, 0.6) is 0 Å². The molecule has 0 amide bonds. The lowest BCUT2D eigenvalue weighted by molar-refractivity contribution is -0.145. The van der Waals surface area contributed by atoms with Crippen molar-refractivity contribution < 1.29 is 28.5 Å². The van der Waals surface area contributed by atoms with Gasteiger partial charge in [0.15, 0.2) is 0 Å². The highest BCUT2D eigenvalue weighted by molar-refractivity contribution is 5.69. The van der Waals surface area contributed by atoms with Crippen molar-refractivity contribution in [1.29, 1.82) is 0 Å². The fourth-order valence-electron chi connectivity index (χ4n) is 6.15. The van der Waals surface area contributed by atoms with Gasteiger partial charge in [-0.3, -0.25) is 4.79 Å². The van der Waals surface area contributed by atoms with Crippen molar-refractivity contribution >= 4 is 5.97 Å². The standard InChI is InChI=1S/C32H60O6/c1-3-5-6-7-8-9-10-11-12-13-32(33)38-27-25-35-23-22-34-24-26-37-31-20-16-29(17-21-31)28-14-18-30(19-15-28)36-4-2/h28-31H,3-27H2,1-2H3. The van der Waals surface area contributed by atoms with Crippen LogP contribution in [0.4, 0.5) is 0 Å². The molecule has 6 heteroatoms. The molecule has 6 nitrogen and oxygen atoms in total. The first kappa shape index (κ1) is 33.5. The van der Waals surface area contributed by atoms with Crippen LogP contribution in [0.15, 0.2) is 0 Å². The molecule has 38 heavy (non-hydrogen) atoms. The minimum Gasteiger partial charge on any atom is -0.463 e. The summed E-state index contributed by atoms with van der Waals surface area (Å²) in [6.45, 7) is 8.30. The van der Waals surface area contributed by atoms with Crippen LogP contribution in [0.2, 0.25) is 0 Å². The maximum absolute atomic E-state index is 11.8. The molecule has 2 aliphatic carbocycles. The highest BCUT2D eigenvalue weighted by atomic mass is 16.6. The summed E-state index contributed by atoms with van der Waals surface area (Å²) in [5, 5.41) is 0. The Hall–Kier alpha value is -0.690. The Morgan fingerprint density at radius 3 is 1.58 bits per heavy atom. The van der Waals surface area contributed by atoms with Gasteiger partial charge in [-0.2, -0.15) is 0 Å². The van der Waals surface area contributed by atoms with Crippen LogP contribution < -0.4 is 0 Å². The van der Waals surface area contributed by atoms with Gasteiger partial charge in [0, 0.05) is 13.0 Å². The zero-order chi connectivity index (χ0) is 27.1. The lowest BCUT2D eigenvalue weighted by Crippen LogP contribution is -2.30. The lowest BCUT2D eigenvalue weighted by atomic mass is 9.72. The smallest absolute Gasteiger partial charge is 0.305 e. The topological polar surface area (TPSA) is 63.2 Å². The fraction of sp³-hybridized carbons (Fsp3) is 0.969. The van der Waals surface area contributed by atoms with Gasteiger partial charge < -0.3 is 23.7 Å². The summed E-state index contributed by atoms with van der Waals surface area (Å²) in [4.78, 5) is 11.8. The minimum absolute atomic E-state index is 0.104. The molecule has 2 aliphatic rings. The maximum atomic E-state index is 11.8. The van der Waals surface area contributed by atoms with Gasteiger partial charge in [0.05, 0.1) is 45.2 Å². The number of ether oxygens (including phenoxy) is 5. The summed E-state index contributed by atoms with van der Waals surface area (Å²) in [7, 11) is 0. The van der Waals surface area contributed by atoms with Crippen molar-refractivity contribution in [3.05, 3.63) is 0 Å². The second-order valence-corrected chi connectivity index (χ2v) is 11.4. The van der Waals surface area contributed by atoms with Gasteiger partial charge >= 0.3 is 5.97 Å². The van der Waals surface area contributed by atoms with Gasteiger partial charge in [-0.1, -0.05) is 58.3 Å². The molecule has 224 valence electrons. The van der Waals surface area contributed by atoms with Crippen LogP contribution in [-0.4, -0.2) is 64.4 Å². The lowest BCUT2D eigenvalue weighted by Gasteiger charge is -2.37. The Kier molecular flexibility index (Phi) is 20.3. The normalized spacial score (nSPS) is 23.9. The first-order chi connectivity index (χ1) is 18.7. The molecule has 0 atom stereocenters. The van der Waals surface area contributed by atoms with E-state index in [1.807, 2.05) is 0 Å². The molecule has 0 aromatic heterocycles. The highest BCUT2D eigenvalue weighted by Gasteiger charge is 2.31. The average Bonchev–Trinajstić information content (AvgIpc) is 2.94. The van der Waals surface area contributed by atoms with Gasteiger partial charge in [-0.25, -0.2) is 0 Å². The van der Waals surface area contributed by atoms with Gasteiger partial charge in [0.2, 0.25) is 0 Å². The van der Waals surface area contributed by atoms with Crippen LogP contribution in [-0.2, 0) is 28.5 Å². The molecular formula is C32H60O6. The van der Waals surface area contributed by atoms with E-state index in [4.69, 9.17) is 23.7 Å². The average molecular weight is 541 g/mol. The van der Waals surface area contributed by atoms with Crippen LogP contribution in [0, 0.1) is 11.8 Å². The molecule has 0 aliphatic heterocycles. The third-order valence-electron chi connectivity index (χ3n) is 8.44. The van der Waals surface area contributed by atoms with Gasteiger partial charge in [-0.15, -0.1) is 0 Å². The predicted octanol–water partition coefficient (Wildman–Crippen LogP) is 7.65. The van der Waals surface area contributed by atoms with Crippen molar-refractivity contribution in [2.24, 2.45) is 11.8 Å². The number of hydrogen-bond acceptors (Lipinski definition) is 6. The van der Waals surface area contributed by atoms with E-state index in [2.05, 4.69) is 13.8 Å². The third-order valence-corrected chi connectivity index (χ3v) is 8.44. The summed E-state index contributed by atoms with van der Waals surface area (Å²) >= 11 is 0. The van der Waals surface area contributed by atoms with Crippen molar-refractivity contribution in [2.75, 3.05) is 46.2 Å². The second-order valence-electron chi connectivity index (χ2n) is 11.4. The molecule has 0 aromatic rings. The van der Waals surface area contributed by atoms with E-state index in [1.54, 1.807) is 0 Å². The third kappa shape index (κ3) is 16.4.